The summed E-state index contributed by atoms with van der Waals surface area (Å²) >= 11 is 1.46. The molecule has 0 atom stereocenters. The predicted octanol–water partition coefficient (Wildman–Crippen LogP) is 11.2. The van der Waals surface area contributed by atoms with Gasteiger partial charge in [0.15, 0.2) is 0 Å². The van der Waals surface area contributed by atoms with E-state index in [-0.39, 0.29) is 57.3 Å². The summed E-state index contributed by atoms with van der Waals surface area (Å²) in [6.07, 6.45) is 8.56. The van der Waals surface area contributed by atoms with Crippen molar-refractivity contribution >= 4 is 14.4 Å². The van der Waals surface area contributed by atoms with Crippen molar-refractivity contribution in [2.75, 3.05) is 0 Å². The van der Waals surface area contributed by atoms with Gasteiger partial charge in [-0.2, -0.15) is 28.8 Å². The van der Waals surface area contributed by atoms with Crippen LogP contribution in [0, 0.1) is 16.9 Å². The Morgan fingerprint density at radius 1 is 0.545 bits per heavy atom. The van der Waals surface area contributed by atoms with Gasteiger partial charge in [0.25, 0.3) is 0 Å². The Bertz CT molecular complexity index is 2440. The molecule has 0 radical (unpaired) electrons. The molecule has 5 aromatic carbocycles. The van der Waals surface area contributed by atoms with Gasteiger partial charge in [0.1, 0.15) is 0 Å². The Hall–Kier alpha value is -2.96. The van der Waals surface area contributed by atoms with Gasteiger partial charge in [0.2, 0.25) is 0 Å². The molecule has 0 heterocycles. The minimum atomic E-state index is -0.0202. The van der Waals surface area contributed by atoms with Gasteiger partial charge < -0.3 is 24.8 Å². The molecule has 0 spiro atoms. The molecule has 0 unspecified atom stereocenters. The summed E-state index contributed by atoms with van der Waals surface area (Å²) < 4.78 is 1.42. The van der Waals surface area contributed by atoms with Crippen LogP contribution in [0.15, 0.2) is 97.1 Å². The molecule has 5 aromatic rings. The van der Waals surface area contributed by atoms with Gasteiger partial charge in [-0.15, -0.1) is 11.6 Å². The van der Waals surface area contributed by atoms with Crippen LogP contribution in [0.3, 0.4) is 0 Å². The number of benzene rings is 4. The van der Waals surface area contributed by atoms with Crippen LogP contribution in [-0.2, 0) is 64.2 Å². The second-order valence-corrected chi connectivity index (χ2v) is 26.6. The Morgan fingerprint density at radius 2 is 0.985 bits per heavy atom. The van der Waals surface area contributed by atoms with Gasteiger partial charge in [-0.1, -0.05) is 132 Å². The van der Waals surface area contributed by atoms with Crippen LogP contribution >= 0.6 is 0 Å². The molecule has 0 fully saturated rings. The van der Waals surface area contributed by atoms with Crippen molar-refractivity contribution < 1.29 is 49.0 Å². The van der Waals surface area contributed by atoms with Crippen molar-refractivity contribution in [3.63, 3.8) is 0 Å². The molecule has 8 rings (SSSR count). The zero-order chi connectivity index (χ0) is 47.7. The van der Waals surface area contributed by atoms with Crippen molar-refractivity contribution in [2.45, 2.75) is 178 Å². The SMILES string of the molecule is CC(C)(C)C1=[C-]C(C)(C)c2cc3c(cc21)-c1cc2c(cc1C3)C(C)(C)C=C2C(C)(C)C.CC(C)(C)c1ccc([C](=[Zr+2])c2ccc(C(C)(C)C)cc2)cc1.CCc1cc(C(C)(C)C)c[cH-]1.[Cl-].[Cl-]. The molecular weight excluding hydrogens is 919 g/mol. The van der Waals surface area contributed by atoms with Crippen LogP contribution in [0.2, 0.25) is 0 Å². The molecule has 0 aromatic heterocycles. The number of allylic oxidation sites excluding steroid dienone is 4. The number of halogens is 2. The van der Waals surface area contributed by atoms with E-state index >= 15 is 0 Å². The van der Waals surface area contributed by atoms with Crippen molar-refractivity contribution in [1.29, 1.82) is 0 Å². The average molecular weight is 999 g/mol. The van der Waals surface area contributed by atoms with Gasteiger partial charge in [0.05, 0.1) is 0 Å². The molecule has 0 N–H and O–H groups in total. The summed E-state index contributed by atoms with van der Waals surface area (Å²) in [7, 11) is 0. The molecule has 3 heteroatoms. The maximum absolute atomic E-state index is 3.85. The number of rotatable bonds is 3. The van der Waals surface area contributed by atoms with Crippen LogP contribution in [0.1, 0.15) is 205 Å². The molecule has 3 aliphatic rings. The molecule has 0 nitrogen and oxygen atoms in total. The summed E-state index contributed by atoms with van der Waals surface area (Å²) in [5.74, 6) is 0. The first-order valence-corrected chi connectivity index (χ1v) is 25.3. The van der Waals surface area contributed by atoms with Crippen molar-refractivity contribution in [2.24, 2.45) is 10.8 Å². The monoisotopic (exact) mass is 996 g/mol. The number of hydrogen-bond donors (Lipinski definition) is 0. The van der Waals surface area contributed by atoms with Crippen LogP contribution in [-0.4, -0.2) is 3.21 Å². The summed E-state index contributed by atoms with van der Waals surface area (Å²) in [5, 5.41) is 0. The maximum Gasteiger partial charge on any atom is -0.0543 e. The third-order valence-electron chi connectivity index (χ3n) is 13.8. The number of aryl methyl sites for hydroxylation is 1. The molecule has 66 heavy (non-hydrogen) atoms. The standard InChI is InChI=1S/C31H37.C21H26.C11H17.2ClH.Zr/c1-28(2,3)26-16-30(7,8)24-12-18-11-19-13-25-23(15-21(19)20(18)14-22(24)26)27(29(4,5)6)17-31(25,9)10;1-20(2,3)18-11-7-16(8-12-18)15-17-9-13-19(14-10-17)21(4,5)6;1-5-9-6-7-10(8-9)11(2,3)4;;;/h12-16H,11H2,1-10H3;7-14H,1-6H3;6-8H,5H2,1-4H3;2*1H;/q-1;;-1;;;+2/p-2. The normalized spacial score (nSPS) is 15.5. The fourth-order valence-electron chi connectivity index (χ4n) is 9.56. The number of hydrogen-bond acceptors (Lipinski definition) is 0. The molecule has 0 aliphatic heterocycles. The van der Waals surface area contributed by atoms with Crippen LogP contribution < -0.4 is 24.8 Å². The third-order valence-corrected chi connectivity index (χ3v) is 15.2. The predicted molar refractivity (Wildman–Crippen MR) is 278 cm³/mol. The van der Waals surface area contributed by atoms with E-state index in [1.807, 2.05) is 0 Å². The Balaban J connectivity index is 0.000000238. The second-order valence-electron chi connectivity index (χ2n) is 25.3. The zero-order valence-corrected chi connectivity index (χ0v) is 48.4. The van der Waals surface area contributed by atoms with Gasteiger partial charge in [-0.3, -0.25) is 6.08 Å². The van der Waals surface area contributed by atoms with Crippen molar-refractivity contribution in [1.82, 2.24) is 0 Å². The quantitative estimate of drug-likeness (QED) is 0.155. The van der Waals surface area contributed by atoms with E-state index in [2.05, 4.69) is 242 Å². The van der Waals surface area contributed by atoms with E-state index in [9.17, 15) is 0 Å². The van der Waals surface area contributed by atoms with E-state index in [0.717, 1.165) is 12.8 Å². The van der Waals surface area contributed by atoms with Gasteiger partial charge in [0, 0.05) is 5.41 Å². The zero-order valence-electron chi connectivity index (χ0n) is 44.4. The Morgan fingerprint density at radius 3 is 1.36 bits per heavy atom. The molecule has 0 amide bonds. The van der Waals surface area contributed by atoms with E-state index in [0.29, 0.717) is 5.41 Å². The summed E-state index contributed by atoms with van der Waals surface area (Å²) in [6, 6.07) is 34.9. The minimum absolute atomic E-state index is 0. The smallest absolute Gasteiger partial charge is 0.0543 e. The number of fused-ring (bicyclic) bond motifs is 5. The molecule has 0 saturated heterocycles. The Labute approximate surface area is 430 Å². The molecule has 3 aliphatic carbocycles. The largest absolute Gasteiger partial charge is 1.00 e. The first-order chi connectivity index (χ1) is 29.2. The van der Waals surface area contributed by atoms with Crippen LogP contribution in [0.4, 0.5) is 0 Å². The maximum atomic E-state index is 3.85. The summed E-state index contributed by atoms with van der Waals surface area (Å²) in [6.45, 7) is 45.9. The minimum Gasteiger partial charge on any atom is -1.00 e. The van der Waals surface area contributed by atoms with Crippen molar-refractivity contribution in [3.8, 4) is 11.1 Å². The summed E-state index contributed by atoms with van der Waals surface area (Å²) in [5.41, 5.74) is 24.0. The summed E-state index contributed by atoms with van der Waals surface area (Å²) in [4.78, 5) is 0. The van der Waals surface area contributed by atoms with Gasteiger partial charge in [-0.25, -0.2) is 11.6 Å². The van der Waals surface area contributed by atoms with Crippen LogP contribution in [0.25, 0.3) is 22.3 Å². The molecular formula is C63H80Cl2Zr-2. The fourth-order valence-corrected chi connectivity index (χ4v) is 10.4. The van der Waals surface area contributed by atoms with E-state index in [1.54, 1.807) is 0 Å². The van der Waals surface area contributed by atoms with E-state index < -0.39 is 0 Å². The average Bonchev–Trinajstić information content (AvgIpc) is 3.94. The topological polar surface area (TPSA) is 0 Å². The van der Waals surface area contributed by atoms with E-state index in [4.69, 9.17) is 0 Å². The second kappa shape index (κ2) is 19.4. The van der Waals surface area contributed by atoms with Crippen molar-refractivity contribution in [3.05, 3.63) is 170 Å². The molecule has 0 bridgehead atoms. The van der Waals surface area contributed by atoms with Crippen LogP contribution in [0.5, 0.6) is 0 Å². The third kappa shape index (κ3) is 11.9. The molecule has 0 saturated carbocycles. The first-order valence-electron chi connectivity index (χ1n) is 24.0. The van der Waals surface area contributed by atoms with E-state index in [1.165, 1.54) is 116 Å². The van der Waals surface area contributed by atoms with Gasteiger partial charge in [-0.05, 0) is 62.3 Å². The first kappa shape index (κ1) is 55.6. The van der Waals surface area contributed by atoms with Gasteiger partial charge >= 0.3 is 151 Å². The Kier molecular flexibility index (Phi) is 16.4. The fraction of sp³-hybridized carbons (Fsp3) is 0.460. The molecule has 352 valence electrons.